The molecule has 2 unspecified atom stereocenters. The first-order valence-electron chi connectivity index (χ1n) is 14.4. The third-order valence-corrected chi connectivity index (χ3v) is 12.5. The van der Waals surface area contributed by atoms with E-state index >= 15 is 0 Å². The predicted octanol–water partition coefficient (Wildman–Crippen LogP) is 0.292. The number of hydrogen-bond acceptors (Lipinski definition) is 17. The largest absolute Gasteiger partial charge is 0.490 e. The Balaban J connectivity index is 1.47. The molecule has 23 nitrogen and oxygen atoms in total. The summed E-state index contributed by atoms with van der Waals surface area (Å²) in [6, 6.07) is 7.45. The minimum atomic E-state index is -6.01. The Morgan fingerprint density at radius 3 is 2.50 bits per heavy atom. The van der Waals surface area contributed by atoms with Crippen LogP contribution in [0.3, 0.4) is 0 Å². The fourth-order valence-corrected chi connectivity index (χ4v) is 9.66. The molecule has 1 aliphatic heterocycles. The van der Waals surface area contributed by atoms with E-state index in [9.17, 15) is 41.8 Å². The average molecular weight is 830 g/mol. The van der Waals surface area contributed by atoms with Crippen LogP contribution >= 0.6 is 35.7 Å². The summed E-state index contributed by atoms with van der Waals surface area (Å²) in [6.07, 6.45) is -6.51. The first kappa shape index (κ1) is 40.0. The SMILES string of the molecule is CC(=S)NCCc1cc(N)c2cccc(S(=O)(=O)OC[C@H]3O[C@@H](n4cnc5c(=O)[nH]c(N)nc54)[C@H](O)[C@@H]3OP(=O)(O)OP(=O)(O)OP(=O)(O)O)c2c1. The Morgan fingerprint density at radius 2 is 1.83 bits per heavy atom. The number of benzene rings is 2. The fourth-order valence-electron chi connectivity index (χ4n) is 5.21. The van der Waals surface area contributed by atoms with Gasteiger partial charge in [-0.1, -0.05) is 24.4 Å². The molecular formula is C24H30N7O16P3S2. The number of hydrogen-bond donors (Lipinski definition) is 9. The number of phosphoric acid groups is 3. The molecule has 0 radical (unpaired) electrons. The van der Waals surface area contributed by atoms with Crippen molar-refractivity contribution < 1.29 is 68.9 Å². The molecule has 2 aromatic carbocycles. The van der Waals surface area contributed by atoms with Gasteiger partial charge in [0.05, 0.1) is 17.9 Å². The van der Waals surface area contributed by atoms with Crippen LogP contribution in [-0.2, 0) is 52.3 Å². The summed E-state index contributed by atoms with van der Waals surface area (Å²) in [5, 5.41) is 14.8. The summed E-state index contributed by atoms with van der Waals surface area (Å²) in [6.45, 7) is 1.05. The second kappa shape index (κ2) is 14.9. The number of H-pyrrole nitrogens is 1. The lowest BCUT2D eigenvalue weighted by molar-refractivity contribution is -0.0466. The second-order valence-electron chi connectivity index (χ2n) is 11.0. The summed E-state index contributed by atoms with van der Waals surface area (Å²) in [5.41, 5.74) is 11.4. The van der Waals surface area contributed by atoms with Gasteiger partial charge in [0.2, 0.25) is 5.95 Å². The average Bonchev–Trinajstić information content (AvgIpc) is 3.54. The van der Waals surface area contributed by atoms with Crippen molar-refractivity contribution in [3.8, 4) is 0 Å². The zero-order valence-corrected chi connectivity index (χ0v) is 30.6. The van der Waals surface area contributed by atoms with Gasteiger partial charge in [-0.2, -0.15) is 22.0 Å². The van der Waals surface area contributed by atoms with E-state index in [-0.39, 0.29) is 33.1 Å². The number of aromatic amines is 1. The van der Waals surface area contributed by atoms with Crippen LogP contribution in [0.15, 0.2) is 46.3 Å². The molecule has 52 heavy (non-hydrogen) atoms. The highest BCUT2D eigenvalue weighted by Crippen LogP contribution is 2.67. The normalized spacial score (nSPS) is 22.0. The summed E-state index contributed by atoms with van der Waals surface area (Å²) in [4.78, 5) is 60.1. The summed E-state index contributed by atoms with van der Waals surface area (Å²) >= 11 is 5.02. The molecule has 0 bridgehead atoms. The molecule has 0 spiro atoms. The number of nitrogens with zero attached hydrogens (tertiary/aromatic N) is 3. The number of ether oxygens (including phenoxy) is 1. The quantitative estimate of drug-likeness (QED) is 0.0357. The minimum Gasteiger partial charge on any atom is -0.398 e. The smallest absolute Gasteiger partial charge is 0.398 e. The van der Waals surface area contributed by atoms with Gasteiger partial charge in [-0.3, -0.25) is 23.1 Å². The zero-order valence-electron chi connectivity index (χ0n) is 26.3. The van der Waals surface area contributed by atoms with Gasteiger partial charge < -0.3 is 46.2 Å². The molecule has 3 heterocycles. The van der Waals surface area contributed by atoms with Crippen LogP contribution in [0.4, 0.5) is 11.6 Å². The molecule has 6 atom stereocenters. The number of rotatable bonds is 14. The molecule has 1 aliphatic rings. The number of imidazole rings is 1. The van der Waals surface area contributed by atoms with Crippen molar-refractivity contribution in [3.63, 3.8) is 0 Å². The molecule has 2 aromatic heterocycles. The van der Waals surface area contributed by atoms with Gasteiger partial charge >= 0.3 is 23.5 Å². The third-order valence-electron chi connectivity index (χ3n) is 7.20. The van der Waals surface area contributed by atoms with E-state index in [0.29, 0.717) is 28.9 Å². The molecular weight excluding hydrogens is 799 g/mol. The monoisotopic (exact) mass is 829 g/mol. The molecule has 1 fully saturated rings. The van der Waals surface area contributed by atoms with Crippen molar-refractivity contribution in [2.75, 3.05) is 24.6 Å². The molecule has 28 heteroatoms. The Kier molecular flexibility index (Phi) is 11.5. The highest BCUT2D eigenvalue weighted by Gasteiger charge is 2.52. The standard InChI is InChI=1S/C24H30N7O16P3S2/c1-11(51)27-6-5-12-7-14-13(15(25)8-12)3-2-4-17(14)52(41,42)43-9-16-20(45-49(37,38)47-50(39,40)46-48(34,35)36)19(32)23(44-16)31-10-28-18-21(31)29-24(26)30-22(18)33/h2-4,7-8,10,16,19-20,23,32H,5-6,9,25H2,1H3,(H,27,51)(H,37,38)(H,39,40)(H2,34,35,36)(H3,26,29,30,33)/t16-,19-,20-,23-/m1/s1. The van der Waals surface area contributed by atoms with Crippen LogP contribution < -0.4 is 22.3 Å². The molecule has 11 N–H and O–H groups in total. The first-order chi connectivity index (χ1) is 24.1. The summed E-state index contributed by atoms with van der Waals surface area (Å²) in [5.74, 6) is -0.383. The van der Waals surface area contributed by atoms with E-state index in [0.717, 1.165) is 10.9 Å². The zero-order chi connectivity index (χ0) is 38.4. The van der Waals surface area contributed by atoms with Crippen molar-refractivity contribution in [1.29, 1.82) is 0 Å². The number of nitrogen functional groups attached to an aromatic ring is 2. The third kappa shape index (κ3) is 9.28. The van der Waals surface area contributed by atoms with E-state index in [1.54, 1.807) is 25.1 Å². The van der Waals surface area contributed by atoms with Crippen molar-refractivity contribution in [3.05, 3.63) is 52.6 Å². The number of fused-ring (bicyclic) bond motifs is 2. The molecule has 284 valence electrons. The Hall–Kier alpha value is -3.22. The lowest BCUT2D eigenvalue weighted by Crippen LogP contribution is -2.36. The fraction of sp³-hybridized carbons (Fsp3) is 0.333. The van der Waals surface area contributed by atoms with Crippen molar-refractivity contribution in [2.24, 2.45) is 0 Å². The predicted molar refractivity (Wildman–Crippen MR) is 183 cm³/mol. The maximum Gasteiger partial charge on any atom is 0.490 e. The van der Waals surface area contributed by atoms with Gasteiger partial charge in [-0.25, -0.2) is 18.7 Å². The maximum atomic E-state index is 13.7. The van der Waals surface area contributed by atoms with Crippen LogP contribution in [0, 0.1) is 0 Å². The number of nitrogens with two attached hydrogens (primary N) is 2. The lowest BCUT2D eigenvalue weighted by atomic mass is 10.0. The van der Waals surface area contributed by atoms with Gasteiger partial charge in [0.25, 0.3) is 15.7 Å². The lowest BCUT2D eigenvalue weighted by Gasteiger charge is -2.23. The van der Waals surface area contributed by atoms with E-state index < -0.39 is 70.3 Å². The first-order valence-corrected chi connectivity index (χ1v) is 20.7. The van der Waals surface area contributed by atoms with Gasteiger partial charge in [0, 0.05) is 23.0 Å². The highest BCUT2D eigenvalue weighted by atomic mass is 32.2. The van der Waals surface area contributed by atoms with Crippen LogP contribution in [-0.4, -0.2) is 89.1 Å². The summed E-state index contributed by atoms with van der Waals surface area (Å²) < 4.78 is 87.5. The molecule has 0 saturated carbocycles. The van der Waals surface area contributed by atoms with Crippen molar-refractivity contribution in [1.82, 2.24) is 24.8 Å². The number of aromatic nitrogens is 4. The van der Waals surface area contributed by atoms with Crippen molar-refractivity contribution >= 4 is 84.4 Å². The second-order valence-corrected chi connectivity index (χ2v) is 17.6. The summed E-state index contributed by atoms with van der Waals surface area (Å²) in [7, 11) is -22.5. The number of anilines is 2. The number of aliphatic hydroxyl groups excluding tert-OH is 1. The van der Waals surface area contributed by atoms with Gasteiger partial charge in [-0.15, -0.1) is 0 Å². The highest BCUT2D eigenvalue weighted by molar-refractivity contribution is 7.87. The van der Waals surface area contributed by atoms with Gasteiger partial charge in [-0.05, 0) is 37.1 Å². The van der Waals surface area contributed by atoms with Crippen LogP contribution in [0.25, 0.3) is 21.9 Å². The minimum absolute atomic E-state index is 0.172. The van der Waals surface area contributed by atoms with E-state index in [2.05, 4.69) is 28.9 Å². The Bertz CT molecular complexity index is 2350. The number of thiocarbonyl (C=S) groups is 1. The molecule has 0 amide bonds. The van der Waals surface area contributed by atoms with E-state index in [1.165, 1.54) is 12.1 Å². The van der Waals surface area contributed by atoms with Crippen LogP contribution in [0.1, 0.15) is 18.7 Å². The molecule has 4 aromatic rings. The molecule has 5 rings (SSSR count). The Morgan fingerprint density at radius 1 is 1.12 bits per heavy atom. The van der Waals surface area contributed by atoms with Crippen LogP contribution in [0.5, 0.6) is 0 Å². The van der Waals surface area contributed by atoms with Crippen LogP contribution in [0.2, 0.25) is 0 Å². The van der Waals surface area contributed by atoms with Crippen molar-refractivity contribution in [2.45, 2.75) is 42.8 Å². The molecule has 0 aliphatic carbocycles. The van der Waals surface area contributed by atoms with E-state index in [1.807, 2.05) is 0 Å². The number of aliphatic hydroxyl groups is 1. The molecule has 1 saturated heterocycles. The van der Waals surface area contributed by atoms with Gasteiger partial charge in [0.15, 0.2) is 17.4 Å². The topological polar surface area (TPSA) is 360 Å². The van der Waals surface area contributed by atoms with Gasteiger partial charge in [0.1, 0.15) is 23.2 Å². The maximum absolute atomic E-state index is 13.7. The number of nitrogens with one attached hydrogen (secondary N) is 2. The Labute approximate surface area is 297 Å². The van der Waals surface area contributed by atoms with E-state index in [4.69, 9.17) is 46.9 Å². The number of phosphoric ester groups is 1.